The first-order valence-corrected chi connectivity index (χ1v) is 10.2. The lowest BCUT2D eigenvalue weighted by Gasteiger charge is -2.29. The molecular formula is C18H24N2O3S. The number of nitrogens with one attached hydrogen (secondary N) is 1. The predicted octanol–water partition coefficient (Wildman–Crippen LogP) is 2.44. The van der Waals surface area contributed by atoms with Gasteiger partial charge in [0, 0.05) is 35.9 Å². The van der Waals surface area contributed by atoms with Crippen LogP contribution in [0.3, 0.4) is 0 Å². The van der Waals surface area contributed by atoms with E-state index in [4.69, 9.17) is 0 Å². The number of benzene rings is 1. The molecule has 3 rings (SSSR count). The zero-order valence-corrected chi connectivity index (χ0v) is 15.2. The summed E-state index contributed by atoms with van der Waals surface area (Å²) in [5.41, 5.74) is 3.01. The van der Waals surface area contributed by atoms with E-state index in [0.717, 1.165) is 35.0 Å². The Morgan fingerprint density at radius 1 is 1.29 bits per heavy atom. The number of likely N-dealkylation sites (N-methyl/N-ethyl adjacent to an activating group) is 1. The van der Waals surface area contributed by atoms with Crippen LogP contribution >= 0.6 is 0 Å². The third kappa shape index (κ3) is 3.07. The third-order valence-electron chi connectivity index (χ3n) is 5.21. The summed E-state index contributed by atoms with van der Waals surface area (Å²) >= 11 is 0. The number of carbonyl (C=O) groups excluding carboxylic acids is 1. The molecule has 1 N–H and O–H groups in total. The quantitative estimate of drug-likeness (QED) is 0.922. The molecule has 0 spiro atoms. The zero-order valence-electron chi connectivity index (χ0n) is 14.4. The van der Waals surface area contributed by atoms with Crippen LogP contribution in [0.1, 0.15) is 30.5 Å². The maximum absolute atomic E-state index is 12.8. The summed E-state index contributed by atoms with van der Waals surface area (Å²) in [7, 11) is -1.40. The van der Waals surface area contributed by atoms with E-state index < -0.39 is 15.1 Å². The van der Waals surface area contributed by atoms with Gasteiger partial charge in [-0.1, -0.05) is 18.2 Å². The molecule has 2 unspecified atom stereocenters. The van der Waals surface area contributed by atoms with Gasteiger partial charge in [-0.3, -0.25) is 4.79 Å². The lowest BCUT2D eigenvalue weighted by molar-refractivity contribution is -0.131. The van der Waals surface area contributed by atoms with Gasteiger partial charge in [-0.05, 0) is 37.8 Å². The van der Waals surface area contributed by atoms with Crippen LogP contribution in [0, 0.1) is 6.92 Å². The van der Waals surface area contributed by atoms with Crippen LogP contribution in [0.5, 0.6) is 0 Å². The largest absolute Gasteiger partial charge is 0.358 e. The molecule has 1 saturated carbocycles. The zero-order chi connectivity index (χ0) is 17.5. The maximum atomic E-state index is 12.8. The van der Waals surface area contributed by atoms with Crippen LogP contribution in [-0.4, -0.2) is 48.8 Å². The van der Waals surface area contributed by atoms with Crippen molar-refractivity contribution in [2.45, 2.75) is 43.9 Å². The molecule has 1 heterocycles. The molecule has 1 aliphatic carbocycles. The van der Waals surface area contributed by atoms with Crippen LogP contribution in [-0.2, 0) is 21.1 Å². The Kier molecular flexibility index (Phi) is 4.42. The summed E-state index contributed by atoms with van der Waals surface area (Å²) in [4.78, 5) is 17.7. The number of aromatic amines is 1. The van der Waals surface area contributed by atoms with Crippen molar-refractivity contribution >= 4 is 26.6 Å². The van der Waals surface area contributed by atoms with Gasteiger partial charge >= 0.3 is 0 Å². The second kappa shape index (κ2) is 6.24. The van der Waals surface area contributed by atoms with Gasteiger partial charge in [-0.25, -0.2) is 8.42 Å². The van der Waals surface area contributed by atoms with Crippen molar-refractivity contribution in [3.63, 3.8) is 0 Å². The first-order chi connectivity index (χ1) is 11.3. The molecule has 2 aromatic rings. The Balaban J connectivity index is 1.83. The lowest BCUT2D eigenvalue weighted by atomic mass is 10.1. The Morgan fingerprint density at radius 3 is 2.71 bits per heavy atom. The number of para-hydroxylation sites is 1. The van der Waals surface area contributed by atoms with Crippen LogP contribution in [0.15, 0.2) is 24.3 Å². The fourth-order valence-electron chi connectivity index (χ4n) is 3.87. The van der Waals surface area contributed by atoms with E-state index in [1.807, 2.05) is 31.2 Å². The molecule has 5 nitrogen and oxygen atoms in total. The van der Waals surface area contributed by atoms with E-state index >= 15 is 0 Å². The Hall–Kier alpha value is -1.82. The van der Waals surface area contributed by atoms with E-state index in [-0.39, 0.29) is 11.9 Å². The molecule has 0 aliphatic heterocycles. The van der Waals surface area contributed by atoms with Crippen LogP contribution in [0.4, 0.5) is 0 Å². The molecule has 6 heteroatoms. The van der Waals surface area contributed by atoms with E-state index in [9.17, 15) is 13.2 Å². The summed E-state index contributed by atoms with van der Waals surface area (Å²) < 4.78 is 23.9. The topological polar surface area (TPSA) is 70.2 Å². The fourth-order valence-corrected chi connectivity index (χ4v) is 5.36. The molecule has 1 amide bonds. The van der Waals surface area contributed by atoms with Crippen molar-refractivity contribution in [1.29, 1.82) is 0 Å². The number of carbonyl (C=O) groups is 1. The average molecular weight is 348 g/mol. The van der Waals surface area contributed by atoms with Gasteiger partial charge < -0.3 is 9.88 Å². The number of fused-ring (bicyclic) bond motifs is 1. The van der Waals surface area contributed by atoms with Gasteiger partial charge in [0.15, 0.2) is 9.84 Å². The molecule has 1 aliphatic rings. The number of hydrogen-bond donors (Lipinski definition) is 1. The molecular weight excluding hydrogens is 324 g/mol. The Bertz CT molecular complexity index is 870. The number of hydrogen-bond acceptors (Lipinski definition) is 3. The van der Waals surface area contributed by atoms with Crippen molar-refractivity contribution in [3.05, 3.63) is 35.5 Å². The van der Waals surface area contributed by atoms with Gasteiger partial charge in [0.2, 0.25) is 5.91 Å². The summed E-state index contributed by atoms with van der Waals surface area (Å²) in [6.07, 6.45) is 3.82. The summed E-state index contributed by atoms with van der Waals surface area (Å²) in [6, 6.07) is 7.72. The normalized spacial score (nSPS) is 21.3. The minimum absolute atomic E-state index is 0.0246. The van der Waals surface area contributed by atoms with Crippen LogP contribution in [0.2, 0.25) is 0 Å². The van der Waals surface area contributed by atoms with Crippen LogP contribution in [0.25, 0.3) is 10.9 Å². The molecule has 2 atom stereocenters. The van der Waals surface area contributed by atoms with Crippen LogP contribution < -0.4 is 0 Å². The van der Waals surface area contributed by atoms with E-state index in [2.05, 4.69) is 4.98 Å². The molecule has 1 fully saturated rings. The highest BCUT2D eigenvalue weighted by molar-refractivity contribution is 7.91. The SMILES string of the molecule is Cc1[nH]c2ccccc2c1CC(=O)N(C)C1CCCC1S(C)(=O)=O. The molecule has 24 heavy (non-hydrogen) atoms. The standard InChI is InChI=1S/C18H24N2O3S/c1-12-14(13-7-4-5-8-15(13)19-12)11-18(21)20(2)16-9-6-10-17(16)24(3,22)23/h4-5,7-8,16-17,19H,6,9-11H2,1-3H3. The van der Waals surface area contributed by atoms with Crippen molar-refractivity contribution in [2.75, 3.05) is 13.3 Å². The van der Waals surface area contributed by atoms with E-state index in [1.165, 1.54) is 6.26 Å². The predicted molar refractivity (Wildman–Crippen MR) is 95.8 cm³/mol. The van der Waals surface area contributed by atoms with E-state index in [0.29, 0.717) is 12.8 Å². The number of amides is 1. The van der Waals surface area contributed by atoms with E-state index in [1.54, 1.807) is 11.9 Å². The smallest absolute Gasteiger partial charge is 0.227 e. The minimum Gasteiger partial charge on any atom is -0.358 e. The molecule has 1 aromatic heterocycles. The second-order valence-corrected chi connectivity index (χ2v) is 9.09. The van der Waals surface area contributed by atoms with Crippen molar-refractivity contribution in [2.24, 2.45) is 0 Å². The van der Waals surface area contributed by atoms with Gasteiger partial charge in [-0.15, -0.1) is 0 Å². The number of aryl methyl sites for hydroxylation is 1. The summed E-state index contributed by atoms with van der Waals surface area (Å²) in [5.74, 6) is -0.0246. The number of H-pyrrole nitrogens is 1. The first kappa shape index (κ1) is 17.0. The number of aromatic nitrogens is 1. The van der Waals surface area contributed by atoms with Crippen molar-refractivity contribution < 1.29 is 13.2 Å². The molecule has 130 valence electrons. The monoisotopic (exact) mass is 348 g/mol. The summed E-state index contributed by atoms with van der Waals surface area (Å²) in [6.45, 7) is 1.97. The number of sulfone groups is 1. The van der Waals surface area contributed by atoms with Gasteiger partial charge in [0.25, 0.3) is 0 Å². The minimum atomic E-state index is -3.14. The van der Waals surface area contributed by atoms with Gasteiger partial charge in [0.05, 0.1) is 11.7 Å². The first-order valence-electron chi connectivity index (χ1n) is 8.29. The lowest BCUT2D eigenvalue weighted by Crippen LogP contribution is -2.45. The van der Waals surface area contributed by atoms with Gasteiger partial charge in [0.1, 0.15) is 0 Å². The molecule has 0 saturated heterocycles. The second-order valence-electron chi connectivity index (χ2n) is 6.82. The number of nitrogens with zero attached hydrogens (tertiary/aromatic N) is 1. The third-order valence-corrected chi connectivity index (χ3v) is 6.86. The highest BCUT2D eigenvalue weighted by Gasteiger charge is 2.38. The maximum Gasteiger partial charge on any atom is 0.227 e. The highest BCUT2D eigenvalue weighted by atomic mass is 32.2. The van der Waals surface area contributed by atoms with Crippen molar-refractivity contribution in [1.82, 2.24) is 9.88 Å². The molecule has 0 bridgehead atoms. The number of rotatable bonds is 4. The summed E-state index contributed by atoms with van der Waals surface area (Å²) in [5, 5.41) is 0.623. The fraction of sp³-hybridized carbons (Fsp3) is 0.500. The molecule has 0 radical (unpaired) electrons. The Labute approximate surface area is 143 Å². The van der Waals surface area contributed by atoms with Crippen molar-refractivity contribution in [3.8, 4) is 0 Å². The average Bonchev–Trinajstić information content (AvgIpc) is 3.12. The molecule has 1 aromatic carbocycles. The highest BCUT2D eigenvalue weighted by Crippen LogP contribution is 2.30. The Morgan fingerprint density at radius 2 is 2.00 bits per heavy atom. The van der Waals surface area contributed by atoms with Gasteiger partial charge in [-0.2, -0.15) is 0 Å².